The van der Waals surface area contributed by atoms with E-state index in [0.29, 0.717) is 0 Å². The van der Waals surface area contributed by atoms with E-state index in [2.05, 4.69) is 4.52 Å². The third-order valence-corrected chi connectivity index (χ3v) is 4.37. The molecule has 0 bridgehead atoms. The Hall–Kier alpha value is 1.93. The second-order valence-corrected chi connectivity index (χ2v) is 5.69. The SMILES string of the molecule is O=P([O-])([O-])C(O)P(=O)([O-])OCCl.[Ce+3]. The van der Waals surface area contributed by atoms with Gasteiger partial charge in [0.05, 0.1) is 0 Å². The van der Waals surface area contributed by atoms with Gasteiger partial charge in [0.15, 0.2) is 7.60 Å². The van der Waals surface area contributed by atoms with Gasteiger partial charge < -0.3 is 33.4 Å². The zero-order valence-electron chi connectivity index (χ0n) is 5.95. The van der Waals surface area contributed by atoms with E-state index in [1.807, 2.05) is 0 Å². The molecule has 0 saturated heterocycles. The molecule has 75 valence electrons. The van der Waals surface area contributed by atoms with Crippen LogP contribution >= 0.6 is 26.8 Å². The van der Waals surface area contributed by atoms with Gasteiger partial charge in [0.2, 0.25) is 0 Å². The Kier molecular flexibility index (Phi) is 8.66. The van der Waals surface area contributed by atoms with Crippen LogP contribution in [0.15, 0.2) is 0 Å². The summed E-state index contributed by atoms with van der Waals surface area (Å²) in [6.45, 7) is 0. The monoisotopic (exact) mass is 377 g/mol. The van der Waals surface area contributed by atoms with Gasteiger partial charge in [-0.05, 0) is 7.60 Å². The minimum atomic E-state index is -5.61. The zero-order valence-corrected chi connectivity index (χ0v) is 11.6. The first-order chi connectivity index (χ1) is 5.22. The predicted molar refractivity (Wildman–Crippen MR) is 33.0 cm³/mol. The Morgan fingerprint density at radius 2 is 1.77 bits per heavy atom. The topological polar surface area (TPSA) is 133 Å². The van der Waals surface area contributed by atoms with Crippen LogP contribution in [0.25, 0.3) is 0 Å². The van der Waals surface area contributed by atoms with Crippen LogP contribution in [0, 0.1) is 41.7 Å². The average Bonchev–Trinajstić information content (AvgIpc) is 1.84. The van der Waals surface area contributed by atoms with Crippen LogP contribution < -0.4 is 14.7 Å². The van der Waals surface area contributed by atoms with Crippen LogP contribution in [0.3, 0.4) is 0 Å². The molecule has 0 aliphatic heterocycles. The average molecular weight is 378 g/mol. The van der Waals surface area contributed by atoms with Gasteiger partial charge in [0, 0.05) is 0 Å². The maximum atomic E-state index is 10.5. The molecule has 0 saturated carbocycles. The van der Waals surface area contributed by atoms with Crippen molar-refractivity contribution in [2.75, 3.05) is 6.07 Å². The van der Waals surface area contributed by atoms with Crippen molar-refractivity contribution in [2.24, 2.45) is 0 Å². The smallest absolute Gasteiger partial charge is 0.809 e. The van der Waals surface area contributed by atoms with Crippen molar-refractivity contribution in [1.82, 2.24) is 0 Å². The van der Waals surface area contributed by atoms with Gasteiger partial charge in [-0.2, -0.15) is 0 Å². The number of hydrogen-bond donors (Lipinski definition) is 1. The molecule has 0 aliphatic carbocycles. The van der Waals surface area contributed by atoms with Crippen LogP contribution in [0.4, 0.5) is 0 Å². The number of halogens is 1. The van der Waals surface area contributed by atoms with E-state index in [4.69, 9.17) is 16.7 Å². The summed E-state index contributed by atoms with van der Waals surface area (Å²) in [5.74, 6) is 0. The first-order valence-corrected chi connectivity index (χ1v) is 6.18. The van der Waals surface area contributed by atoms with E-state index in [1.165, 1.54) is 0 Å². The van der Waals surface area contributed by atoms with E-state index in [1.54, 1.807) is 0 Å². The van der Waals surface area contributed by atoms with Crippen molar-refractivity contribution in [1.29, 1.82) is 0 Å². The van der Waals surface area contributed by atoms with E-state index in [0.717, 1.165) is 0 Å². The Balaban J connectivity index is 0. The van der Waals surface area contributed by atoms with Gasteiger partial charge in [-0.1, -0.05) is 11.6 Å². The summed E-state index contributed by atoms with van der Waals surface area (Å²) in [5, 5.41) is 8.40. The van der Waals surface area contributed by atoms with Crippen LogP contribution in [-0.4, -0.2) is 16.8 Å². The summed E-state index contributed by atoms with van der Waals surface area (Å²) in [4.78, 5) is 30.4. The van der Waals surface area contributed by atoms with E-state index >= 15 is 0 Å². The van der Waals surface area contributed by atoms with Crippen molar-refractivity contribution in [3.05, 3.63) is 0 Å². The Labute approximate surface area is 113 Å². The molecular weight excluding hydrogens is 374 g/mol. The van der Waals surface area contributed by atoms with Gasteiger partial charge in [0.25, 0.3) is 0 Å². The largest absolute Gasteiger partial charge is 3.00 e. The summed E-state index contributed by atoms with van der Waals surface area (Å²) in [7, 11) is -10.7. The molecule has 0 aromatic carbocycles. The molecule has 11 heteroatoms. The number of rotatable bonds is 4. The predicted octanol–water partition coefficient (Wildman–Crippen LogP) is -2.06. The first-order valence-electron chi connectivity index (χ1n) is 2.43. The zero-order chi connectivity index (χ0) is 9.99. The minimum absolute atomic E-state index is 0. The van der Waals surface area contributed by atoms with Crippen LogP contribution in [0.2, 0.25) is 0 Å². The van der Waals surface area contributed by atoms with Crippen molar-refractivity contribution in [3.63, 3.8) is 0 Å². The van der Waals surface area contributed by atoms with Crippen molar-refractivity contribution < 1.29 is 75.2 Å². The van der Waals surface area contributed by atoms with Gasteiger partial charge in [-0.15, -0.1) is 0 Å². The third-order valence-electron chi connectivity index (χ3n) is 0.794. The quantitative estimate of drug-likeness (QED) is 0.440. The van der Waals surface area contributed by atoms with E-state index in [-0.39, 0.29) is 41.7 Å². The number of aliphatic hydroxyl groups is 1. The summed E-state index contributed by atoms with van der Waals surface area (Å²) >= 11 is 4.78. The Bertz CT molecular complexity index is 239. The van der Waals surface area contributed by atoms with Gasteiger partial charge >= 0.3 is 41.7 Å². The normalized spacial score (nSPS) is 18.5. The molecule has 7 nitrogen and oxygen atoms in total. The van der Waals surface area contributed by atoms with Gasteiger partial charge in [-0.3, -0.25) is 0 Å². The Morgan fingerprint density at radius 3 is 2.00 bits per heavy atom. The molecule has 0 aromatic rings. The maximum Gasteiger partial charge on any atom is 3.00 e. The molecule has 2 unspecified atom stereocenters. The van der Waals surface area contributed by atoms with Crippen molar-refractivity contribution in [2.45, 2.75) is 5.59 Å². The Morgan fingerprint density at radius 1 is 1.38 bits per heavy atom. The fourth-order valence-electron chi connectivity index (χ4n) is 0.308. The molecule has 1 N–H and O–H groups in total. The summed E-state index contributed by atoms with van der Waals surface area (Å²) in [5.41, 5.74) is -3.08. The molecule has 0 spiro atoms. The minimum Gasteiger partial charge on any atom is -0.809 e. The standard InChI is InChI=1S/C2H7ClO7P2.Ce/c3-1-10-12(8,9)2(4)11(5,6)7;/h2,4H,1H2,(H,8,9)(H2,5,6,7);/q;+3/p-3. The molecule has 0 aromatic heterocycles. The summed E-state index contributed by atoms with van der Waals surface area (Å²) in [6.07, 6.45) is 0. The van der Waals surface area contributed by atoms with Crippen molar-refractivity contribution >= 4 is 26.8 Å². The molecular formula is C2H4CeClO7P2. The molecule has 13 heavy (non-hydrogen) atoms. The second kappa shape index (κ2) is 6.50. The van der Waals surface area contributed by atoms with E-state index in [9.17, 15) is 23.8 Å². The fraction of sp³-hybridized carbons (Fsp3) is 1.00. The second-order valence-electron chi connectivity index (χ2n) is 1.66. The molecule has 0 aliphatic rings. The molecule has 0 amide bonds. The van der Waals surface area contributed by atoms with Crippen LogP contribution in [0.5, 0.6) is 0 Å². The van der Waals surface area contributed by atoms with Crippen molar-refractivity contribution in [3.8, 4) is 0 Å². The first kappa shape index (κ1) is 17.3. The molecule has 1 radical (unpaired) electrons. The number of hydrogen-bond acceptors (Lipinski definition) is 7. The third kappa shape index (κ3) is 6.16. The van der Waals surface area contributed by atoms with Crippen LogP contribution in [0.1, 0.15) is 0 Å². The van der Waals surface area contributed by atoms with E-state index < -0.39 is 26.8 Å². The molecule has 0 rings (SSSR count). The molecule has 0 heterocycles. The number of aliphatic hydroxyl groups excluding tert-OH is 1. The summed E-state index contributed by atoms with van der Waals surface area (Å²) < 4.78 is 24.1. The number of alkyl halides is 1. The maximum absolute atomic E-state index is 10.5. The van der Waals surface area contributed by atoms with Gasteiger partial charge in [-0.25, -0.2) is 0 Å². The van der Waals surface area contributed by atoms with Gasteiger partial charge in [0.1, 0.15) is 11.7 Å². The molecule has 2 atom stereocenters. The fourth-order valence-corrected chi connectivity index (χ4v) is 2.57. The molecule has 0 fully saturated rings. The summed E-state index contributed by atoms with van der Waals surface area (Å²) in [6, 6.07) is -0.863. The van der Waals surface area contributed by atoms with Crippen LogP contribution in [-0.2, 0) is 13.7 Å².